The highest BCUT2D eigenvalue weighted by Crippen LogP contribution is 2.16. The van der Waals surface area contributed by atoms with E-state index >= 15 is 0 Å². The summed E-state index contributed by atoms with van der Waals surface area (Å²) in [6.45, 7) is 3.76. The highest BCUT2D eigenvalue weighted by Gasteiger charge is 2.17. The summed E-state index contributed by atoms with van der Waals surface area (Å²) in [6.07, 6.45) is 2.30. The van der Waals surface area contributed by atoms with Gasteiger partial charge in [-0.1, -0.05) is 18.5 Å². The van der Waals surface area contributed by atoms with Crippen molar-refractivity contribution in [2.75, 3.05) is 13.2 Å². The Morgan fingerprint density at radius 1 is 1.50 bits per heavy atom. The van der Waals surface area contributed by atoms with Gasteiger partial charge in [-0.15, -0.1) is 0 Å². The Labute approximate surface area is 110 Å². The summed E-state index contributed by atoms with van der Waals surface area (Å²) in [4.78, 5) is 26.3. The van der Waals surface area contributed by atoms with Crippen molar-refractivity contribution in [2.45, 2.75) is 32.7 Å². The number of aromatic amines is 1. The van der Waals surface area contributed by atoms with Gasteiger partial charge in [-0.25, -0.2) is 4.79 Å². The third-order valence-electron chi connectivity index (χ3n) is 3.37. The van der Waals surface area contributed by atoms with E-state index in [4.69, 9.17) is 16.3 Å². The largest absolute Gasteiger partial charge is 0.381 e. The van der Waals surface area contributed by atoms with Crippen LogP contribution in [-0.2, 0) is 17.7 Å². The second kappa shape index (κ2) is 5.71. The molecule has 0 radical (unpaired) electrons. The van der Waals surface area contributed by atoms with E-state index in [-0.39, 0.29) is 10.7 Å². The summed E-state index contributed by atoms with van der Waals surface area (Å²) in [5.74, 6) is 0.442. The maximum Gasteiger partial charge on any atom is 0.329 e. The monoisotopic (exact) mass is 272 g/mol. The number of nitrogens with zero attached hydrogens (tertiary/aromatic N) is 1. The number of nitrogens with one attached hydrogen (secondary N) is 1. The Hall–Kier alpha value is -1.07. The average Bonchev–Trinajstić information content (AvgIpc) is 2.81. The van der Waals surface area contributed by atoms with E-state index in [0.717, 1.165) is 26.1 Å². The lowest BCUT2D eigenvalue weighted by atomic mass is 10.1. The minimum absolute atomic E-state index is 0.160. The number of rotatable bonds is 4. The van der Waals surface area contributed by atoms with Crippen LogP contribution in [0.15, 0.2) is 9.59 Å². The summed E-state index contributed by atoms with van der Waals surface area (Å²) in [6, 6.07) is 0. The van der Waals surface area contributed by atoms with Crippen molar-refractivity contribution >= 4 is 11.6 Å². The maximum atomic E-state index is 12.1. The molecule has 1 aliphatic heterocycles. The number of hydrogen-bond acceptors (Lipinski definition) is 3. The van der Waals surface area contributed by atoms with Crippen LogP contribution in [0.1, 0.15) is 25.3 Å². The Bertz CT molecular complexity index is 529. The third-order valence-corrected chi connectivity index (χ3v) is 3.69. The molecule has 6 heteroatoms. The van der Waals surface area contributed by atoms with Gasteiger partial charge in [0.2, 0.25) is 0 Å². The van der Waals surface area contributed by atoms with E-state index in [9.17, 15) is 9.59 Å². The van der Waals surface area contributed by atoms with E-state index in [1.807, 2.05) is 6.92 Å². The van der Waals surface area contributed by atoms with Crippen molar-refractivity contribution in [2.24, 2.45) is 5.92 Å². The first-order valence-corrected chi connectivity index (χ1v) is 6.60. The molecule has 0 bridgehead atoms. The molecule has 1 aromatic heterocycles. The summed E-state index contributed by atoms with van der Waals surface area (Å²) < 4.78 is 6.51. The van der Waals surface area contributed by atoms with Gasteiger partial charge in [-0.05, 0) is 25.2 Å². The molecule has 0 aliphatic carbocycles. The van der Waals surface area contributed by atoms with Gasteiger partial charge in [-0.2, -0.15) is 0 Å². The molecule has 18 heavy (non-hydrogen) atoms. The van der Waals surface area contributed by atoms with Crippen LogP contribution in [0.3, 0.4) is 0 Å². The van der Waals surface area contributed by atoms with Gasteiger partial charge in [0, 0.05) is 19.8 Å². The fourth-order valence-electron chi connectivity index (χ4n) is 2.22. The molecule has 1 aliphatic rings. The Kier molecular flexibility index (Phi) is 4.24. The highest BCUT2D eigenvalue weighted by molar-refractivity contribution is 6.30. The van der Waals surface area contributed by atoms with Crippen LogP contribution in [0.25, 0.3) is 0 Å². The molecule has 0 saturated carbocycles. The maximum absolute atomic E-state index is 12.1. The Morgan fingerprint density at radius 2 is 2.28 bits per heavy atom. The molecule has 1 atom stereocenters. The number of H-pyrrole nitrogens is 1. The molecular formula is C12H17ClN2O3. The summed E-state index contributed by atoms with van der Waals surface area (Å²) in [5, 5.41) is 0.160. The van der Waals surface area contributed by atoms with Gasteiger partial charge < -0.3 is 4.74 Å². The zero-order valence-corrected chi connectivity index (χ0v) is 11.1. The molecular weight excluding hydrogens is 256 g/mol. The Morgan fingerprint density at radius 3 is 2.89 bits per heavy atom. The van der Waals surface area contributed by atoms with Crippen molar-refractivity contribution in [3.63, 3.8) is 0 Å². The molecule has 2 rings (SSSR count). The molecule has 1 saturated heterocycles. The van der Waals surface area contributed by atoms with E-state index in [1.54, 1.807) is 0 Å². The van der Waals surface area contributed by atoms with Gasteiger partial charge in [-0.3, -0.25) is 14.3 Å². The van der Waals surface area contributed by atoms with E-state index in [0.29, 0.717) is 24.4 Å². The van der Waals surface area contributed by atoms with Gasteiger partial charge in [0.25, 0.3) is 5.56 Å². The lowest BCUT2D eigenvalue weighted by molar-refractivity contribution is 0.183. The van der Waals surface area contributed by atoms with Crippen LogP contribution < -0.4 is 11.2 Å². The second-order valence-electron chi connectivity index (χ2n) is 4.55. The first-order valence-electron chi connectivity index (χ1n) is 6.22. The van der Waals surface area contributed by atoms with Crippen molar-refractivity contribution in [1.82, 2.24) is 9.55 Å². The molecule has 2 heterocycles. The van der Waals surface area contributed by atoms with Crippen LogP contribution in [0.5, 0.6) is 0 Å². The summed E-state index contributed by atoms with van der Waals surface area (Å²) in [7, 11) is 0. The van der Waals surface area contributed by atoms with Gasteiger partial charge >= 0.3 is 5.69 Å². The normalized spacial score (nSPS) is 19.3. The molecule has 1 fully saturated rings. The minimum Gasteiger partial charge on any atom is -0.381 e. The fraction of sp³-hybridized carbons (Fsp3) is 0.667. The van der Waals surface area contributed by atoms with Crippen LogP contribution in [0.4, 0.5) is 0 Å². The summed E-state index contributed by atoms with van der Waals surface area (Å²) >= 11 is 5.85. The molecule has 1 unspecified atom stereocenters. The van der Waals surface area contributed by atoms with Crippen molar-refractivity contribution in [1.29, 1.82) is 0 Å². The first-order chi connectivity index (χ1) is 8.63. The van der Waals surface area contributed by atoms with Crippen LogP contribution >= 0.6 is 11.6 Å². The van der Waals surface area contributed by atoms with Crippen molar-refractivity contribution in [3.05, 3.63) is 31.6 Å². The Balaban J connectivity index is 2.21. The molecule has 0 spiro atoms. The number of halogens is 1. The zero-order chi connectivity index (χ0) is 13.1. The van der Waals surface area contributed by atoms with Crippen LogP contribution in [0.2, 0.25) is 5.15 Å². The summed E-state index contributed by atoms with van der Waals surface area (Å²) in [5.41, 5.74) is -0.231. The third kappa shape index (κ3) is 2.67. The van der Waals surface area contributed by atoms with E-state index in [1.165, 1.54) is 4.57 Å². The lowest BCUT2D eigenvalue weighted by Gasteiger charge is -2.10. The van der Waals surface area contributed by atoms with E-state index < -0.39 is 5.69 Å². The number of ether oxygens (including phenoxy) is 1. The smallest absolute Gasteiger partial charge is 0.329 e. The number of hydrogen-bond donors (Lipinski definition) is 1. The number of aromatic nitrogens is 2. The van der Waals surface area contributed by atoms with Crippen molar-refractivity contribution in [3.8, 4) is 0 Å². The quantitative estimate of drug-likeness (QED) is 0.837. The van der Waals surface area contributed by atoms with Crippen molar-refractivity contribution < 1.29 is 4.74 Å². The van der Waals surface area contributed by atoms with Crippen LogP contribution in [0, 0.1) is 5.92 Å². The average molecular weight is 273 g/mol. The molecule has 0 aromatic carbocycles. The predicted octanol–water partition coefficient (Wildman–Crippen LogP) is 1.18. The minimum atomic E-state index is -0.430. The molecule has 5 nitrogen and oxygen atoms in total. The van der Waals surface area contributed by atoms with Crippen LogP contribution in [-0.4, -0.2) is 22.8 Å². The topological polar surface area (TPSA) is 64.1 Å². The first kappa shape index (κ1) is 13.4. The van der Waals surface area contributed by atoms with E-state index in [2.05, 4.69) is 4.98 Å². The molecule has 1 aromatic rings. The zero-order valence-electron chi connectivity index (χ0n) is 10.4. The molecule has 1 N–H and O–H groups in total. The lowest BCUT2D eigenvalue weighted by Crippen LogP contribution is -2.37. The SMILES string of the molecule is CCc1c(Cl)[nH]c(=O)n(CCC2CCOC2)c1=O. The molecule has 0 amide bonds. The fourth-order valence-corrected chi connectivity index (χ4v) is 2.51. The predicted molar refractivity (Wildman–Crippen MR) is 69.3 cm³/mol. The highest BCUT2D eigenvalue weighted by atomic mass is 35.5. The standard InChI is InChI=1S/C12H17ClN2O3/c1-2-9-10(13)14-12(17)15(11(9)16)5-3-8-4-6-18-7-8/h8H,2-7H2,1H3,(H,14,17). The van der Waals surface area contributed by atoms with Gasteiger partial charge in [0.15, 0.2) is 0 Å². The molecule has 100 valence electrons. The second-order valence-corrected chi connectivity index (χ2v) is 4.93. The van der Waals surface area contributed by atoms with Gasteiger partial charge in [0.1, 0.15) is 5.15 Å². The van der Waals surface area contributed by atoms with Gasteiger partial charge in [0.05, 0.1) is 5.56 Å².